The molecular formula is C51H103O9P. The van der Waals surface area contributed by atoms with Gasteiger partial charge in [0.1, 0.15) is 12.2 Å². The van der Waals surface area contributed by atoms with Crippen molar-refractivity contribution in [1.29, 1.82) is 0 Å². The van der Waals surface area contributed by atoms with Gasteiger partial charge in [0.2, 0.25) is 0 Å². The van der Waals surface area contributed by atoms with Crippen molar-refractivity contribution in [3.8, 4) is 0 Å². The van der Waals surface area contributed by atoms with E-state index in [1.54, 1.807) is 0 Å². The minimum Gasteiger partial charge on any atom is -0.457 e. The van der Waals surface area contributed by atoms with Crippen LogP contribution in [0, 0.1) is 0 Å². The van der Waals surface area contributed by atoms with Crippen LogP contribution in [0.15, 0.2) is 0 Å². The molecule has 366 valence electrons. The van der Waals surface area contributed by atoms with Crippen molar-refractivity contribution >= 4 is 13.8 Å². The molecular weight excluding hydrogens is 788 g/mol. The largest absolute Gasteiger partial charge is 0.472 e. The lowest BCUT2D eigenvalue weighted by Crippen LogP contribution is -2.29. The number of carbonyl (C=O) groups excluding carboxylic acids is 1. The summed E-state index contributed by atoms with van der Waals surface area (Å²) in [6, 6.07) is 0. The van der Waals surface area contributed by atoms with Crippen LogP contribution in [0.3, 0.4) is 0 Å². The van der Waals surface area contributed by atoms with Crippen molar-refractivity contribution in [3.63, 3.8) is 0 Å². The molecule has 0 heterocycles. The van der Waals surface area contributed by atoms with Crippen molar-refractivity contribution in [1.82, 2.24) is 0 Å². The third kappa shape index (κ3) is 48.7. The highest BCUT2D eigenvalue weighted by Crippen LogP contribution is 2.43. The molecule has 10 heteroatoms. The normalized spacial score (nSPS) is 13.7. The van der Waals surface area contributed by atoms with E-state index in [1.165, 1.54) is 225 Å². The zero-order chi connectivity index (χ0) is 44.6. The van der Waals surface area contributed by atoms with Gasteiger partial charge in [-0.25, -0.2) is 4.57 Å². The topological polar surface area (TPSA) is 132 Å². The molecule has 61 heavy (non-hydrogen) atoms. The van der Waals surface area contributed by atoms with Crippen LogP contribution in [0.2, 0.25) is 0 Å². The second-order valence-electron chi connectivity index (χ2n) is 18.3. The fourth-order valence-electron chi connectivity index (χ4n) is 8.01. The Hall–Kier alpha value is -0.540. The van der Waals surface area contributed by atoms with Crippen molar-refractivity contribution in [2.24, 2.45) is 0 Å². The predicted octanol–water partition coefficient (Wildman–Crippen LogP) is 15.4. The Morgan fingerprint density at radius 1 is 0.443 bits per heavy atom. The number of hydrogen-bond acceptors (Lipinski definition) is 8. The van der Waals surface area contributed by atoms with Crippen molar-refractivity contribution < 1.29 is 43.0 Å². The van der Waals surface area contributed by atoms with E-state index in [-0.39, 0.29) is 25.6 Å². The average molecular weight is 891 g/mol. The highest BCUT2D eigenvalue weighted by molar-refractivity contribution is 7.47. The molecule has 0 bridgehead atoms. The molecule has 0 fully saturated rings. The summed E-state index contributed by atoms with van der Waals surface area (Å²) in [5.74, 6) is -0.372. The summed E-state index contributed by atoms with van der Waals surface area (Å²) in [4.78, 5) is 22.7. The smallest absolute Gasteiger partial charge is 0.457 e. The molecule has 0 aromatic rings. The summed E-state index contributed by atoms with van der Waals surface area (Å²) in [6.45, 7) is 3.61. The number of unbranched alkanes of at least 4 members (excludes halogenated alkanes) is 38. The molecule has 3 N–H and O–H groups in total. The highest BCUT2D eigenvalue weighted by Gasteiger charge is 2.26. The molecule has 0 saturated heterocycles. The molecule has 3 atom stereocenters. The van der Waals surface area contributed by atoms with Crippen LogP contribution in [-0.4, -0.2) is 66.3 Å². The predicted molar refractivity (Wildman–Crippen MR) is 256 cm³/mol. The van der Waals surface area contributed by atoms with Gasteiger partial charge in [-0.05, 0) is 12.8 Å². The van der Waals surface area contributed by atoms with E-state index in [0.717, 1.165) is 32.1 Å². The van der Waals surface area contributed by atoms with Gasteiger partial charge in [0.15, 0.2) is 0 Å². The Kier molecular flexibility index (Phi) is 48.5. The first-order valence-electron chi connectivity index (χ1n) is 26.5. The van der Waals surface area contributed by atoms with Crippen LogP contribution < -0.4 is 0 Å². The third-order valence-corrected chi connectivity index (χ3v) is 13.0. The van der Waals surface area contributed by atoms with Gasteiger partial charge in [0, 0.05) is 13.0 Å². The fourth-order valence-corrected chi connectivity index (χ4v) is 8.80. The number of hydrogen-bond donors (Lipinski definition) is 3. The number of esters is 1. The molecule has 0 spiro atoms. The Labute approximate surface area is 378 Å². The molecule has 0 amide bonds. The number of phosphoric ester groups is 1. The Bertz CT molecular complexity index is 922. The van der Waals surface area contributed by atoms with Crippen LogP contribution in [0.1, 0.15) is 277 Å². The van der Waals surface area contributed by atoms with E-state index in [1.807, 2.05) is 0 Å². The van der Waals surface area contributed by atoms with Crippen LogP contribution in [0.4, 0.5) is 0 Å². The lowest BCUT2D eigenvalue weighted by atomic mass is 10.0. The molecule has 0 aromatic heterocycles. The van der Waals surface area contributed by atoms with Crippen molar-refractivity contribution in [2.45, 2.75) is 289 Å². The molecule has 9 nitrogen and oxygen atoms in total. The van der Waals surface area contributed by atoms with E-state index in [9.17, 15) is 19.4 Å². The van der Waals surface area contributed by atoms with Gasteiger partial charge in [-0.1, -0.05) is 258 Å². The van der Waals surface area contributed by atoms with E-state index >= 15 is 0 Å². The number of carbonyl (C=O) groups is 1. The summed E-state index contributed by atoms with van der Waals surface area (Å²) in [5, 5.41) is 18.4. The van der Waals surface area contributed by atoms with E-state index in [0.29, 0.717) is 6.61 Å². The second kappa shape index (κ2) is 48.9. The summed E-state index contributed by atoms with van der Waals surface area (Å²) in [6.07, 6.45) is 50.7. The maximum absolute atomic E-state index is 12.7. The Morgan fingerprint density at radius 2 is 0.738 bits per heavy atom. The number of ether oxygens (including phenoxy) is 2. The Morgan fingerprint density at radius 3 is 1.07 bits per heavy atom. The summed E-state index contributed by atoms with van der Waals surface area (Å²) in [7, 11) is -4.52. The first-order valence-corrected chi connectivity index (χ1v) is 28.0. The minimum atomic E-state index is -4.52. The maximum atomic E-state index is 12.7. The lowest BCUT2D eigenvalue weighted by Gasteiger charge is -2.20. The molecule has 0 radical (unpaired) electrons. The van der Waals surface area contributed by atoms with Crippen LogP contribution >= 0.6 is 7.82 Å². The fraction of sp³-hybridized carbons (Fsp3) is 0.980. The SMILES string of the molecule is CCCCCCCCCCCCCCCCCCCCCCCCC(=O)OC(COCCCCCCCCCCCCCCCCCCCC)COP(=O)(O)OCC(O)CO. The van der Waals surface area contributed by atoms with Gasteiger partial charge in [-0.15, -0.1) is 0 Å². The molecule has 0 saturated carbocycles. The number of aliphatic hydroxyl groups excluding tert-OH is 2. The van der Waals surface area contributed by atoms with Gasteiger partial charge < -0.3 is 24.6 Å². The first-order chi connectivity index (χ1) is 29.8. The van der Waals surface area contributed by atoms with E-state index in [2.05, 4.69) is 13.8 Å². The van der Waals surface area contributed by atoms with Gasteiger partial charge >= 0.3 is 13.8 Å². The molecule has 0 aromatic carbocycles. The van der Waals surface area contributed by atoms with Crippen LogP contribution in [-0.2, 0) is 27.9 Å². The highest BCUT2D eigenvalue weighted by atomic mass is 31.2. The summed E-state index contributed by atoms with van der Waals surface area (Å²) in [5.41, 5.74) is 0. The lowest BCUT2D eigenvalue weighted by molar-refractivity contribution is -0.154. The van der Waals surface area contributed by atoms with Crippen LogP contribution in [0.5, 0.6) is 0 Å². The standard InChI is InChI=1S/C51H103O9P/c1-3-5-7-9-11-13-15-17-19-21-23-24-25-26-27-29-31-33-35-37-39-41-43-51(54)60-50(48-59-61(55,56)58-46-49(53)45-52)47-57-44-42-40-38-36-34-32-30-28-22-20-18-16-14-12-10-8-6-4-2/h49-50,52-53H,3-48H2,1-2H3,(H,55,56). The van der Waals surface area contributed by atoms with Gasteiger partial charge in [-0.3, -0.25) is 13.8 Å². The quantitative estimate of drug-likeness (QED) is 0.0310. The van der Waals surface area contributed by atoms with Crippen molar-refractivity contribution in [2.75, 3.05) is 33.0 Å². The monoisotopic (exact) mass is 891 g/mol. The number of rotatable bonds is 52. The van der Waals surface area contributed by atoms with E-state index < -0.39 is 33.2 Å². The minimum absolute atomic E-state index is 0.0589. The zero-order valence-corrected chi connectivity index (χ0v) is 41.3. The second-order valence-corrected chi connectivity index (χ2v) is 19.7. The molecule has 0 aliphatic rings. The first kappa shape index (κ1) is 60.5. The van der Waals surface area contributed by atoms with Gasteiger partial charge in [-0.2, -0.15) is 0 Å². The molecule has 0 rings (SSSR count). The van der Waals surface area contributed by atoms with Gasteiger partial charge in [0.05, 0.1) is 26.4 Å². The molecule has 0 aliphatic heterocycles. The van der Waals surface area contributed by atoms with Crippen LogP contribution in [0.25, 0.3) is 0 Å². The summed E-state index contributed by atoms with van der Waals surface area (Å²) < 4.78 is 33.6. The van der Waals surface area contributed by atoms with E-state index in [4.69, 9.17) is 23.6 Å². The Balaban J connectivity index is 3.99. The third-order valence-electron chi connectivity index (χ3n) is 12.0. The molecule has 3 unspecified atom stereocenters. The zero-order valence-electron chi connectivity index (χ0n) is 40.4. The average Bonchev–Trinajstić information content (AvgIpc) is 3.25. The summed E-state index contributed by atoms with van der Waals surface area (Å²) >= 11 is 0. The van der Waals surface area contributed by atoms with Crippen molar-refractivity contribution in [3.05, 3.63) is 0 Å². The molecule has 0 aliphatic carbocycles. The maximum Gasteiger partial charge on any atom is 0.472 e. The number of aliphatic hydroxyl groups is 2. The number of phosphoric acid groups is 1. The van der Waals surface area contributed by atoms with Gasteiger partial charge in [0.25, 0.3) is 0 Å².